The lowest BCUT2D eigenvalue weighted by Gasteiger charge is -2.30. The van der Waals surface area contributed by atoms with E-state index in [1.165, 1.54) is 7.11 Å². The molecule has 0 bridgehead atoms. The first-order chi connectivity index (χ1) is 9.97. The topological polar surface area (TPSA) is 56.8 Å². The molecule has 0 aromatic heterocycles. The number of esters is 1. The Morgan fingerprint density at radius 1 is 1.19 bits per heavy atom. The molecule has 21 heavy (non-hydrogen) atoms. The highest BCUT2D eigenvalue weighted by Gasteiger charge is 2.27. The summed E-state index contributed by atoms with van der Waals surface area (Å²) in [5.74, 6) is 1.16. The van der Waals surface area contributed by atoms with Crippen LogP contribution in [0.2, 0.25) is 0 Å². The maximum absolute atomic E-state index is 11.6. The number of likely N-dealkylation sites (N-methyl/N-ethyl adjacent to an activating group) is 1. The predicted octanol–water partition coefficient (Wildman–Crippen LogP) is 2.18. The molecule has 118 valence electrons. The molecule has 5 heteroatoms. The Hall–Kier alpha value is -1.75. The van der Waals surface area contributed by atoms with Crippen molar-refractivity contribution in [3.63, 3.8) is 0 Å². The Kier molecular flexibility index (Phi) is 6.49. The van der Waals surface area contributed by atoms with Gasteiger partial charge in [0, 0.05) is 5.54 Å². The molecule has 0 amide bonds. The number of hydrogen-bond donors (Lipinski definition) is 1. The Labute approximate surface area is 126 Å². The molecule has 1 unspecified atom stereocenters. The Bertz CT molecular complexity index is 475. The van der Waals surface area contributed by atoms with Gasteiger partial charge in [0.05, 0.1) is 27.8 Å². The minimum absolute atomic E-state index is 0.223. The minimum Gasteiger partial charge on any atom is -0.493 e. The summed E-state index contributed by atoms with van der Waals surface area (Å²) in [6, 6.07) is 5.79. The Morgan fingerprint density at radius 3 is 2.38 bits per heavy atom. The molecule has 1 aromatic carbocycles. The summed E-state index contributed by atoms with van der Waals surface area (Å²) in [6.07, 6.45) is 1.00. The maximum Gasteiger partial charge on any atom is 0.307 e. The number of methoxy groups -OCH3 is 3. The lowest BCUT2D eigenvalue weighted by atomic mass is 9.89. The van der Waals surface area contributed by atoms with E-state index in [0.717, 1.165) is 12.1 Å². The second-order valence-corrected chi connectivity index (χ2v) is 5.21. The third kappa shape index (κ3) is 4.93. The molecule has 0 aliphatic carbocycles. The summed E-state index contributed by atoms with van der Waals surface area (Å²) >= 11 is 0. The zero-order valence-electron chi connectivity index (χ0n) is 13.5. The normalized spacial score (nSPS) is 13.4. The molecule has 0 radical (unpaired) electrons. The van der Waals surface area contributed by atoms with Crippen LogP contribution in [-0.2, 0) is 16.0 Å². The predicted molar refractivity (Wildman–Crippen MR) is 82.0 cm³/mol. The van der Waals surface area contributed by atoms with Crippen LogP contribution in [0.15, 0.2) is 18.2 Å². The Balaban J connectivity index is 2.95. The highest BCUT2D eigenvalue weighted by molar-refractivity contribution is 5.70. The molecule has 1 aromatic rings. The maximum atomic E-state index is 11.6. The summed E-state index contributed by atoms with van der Waals surface area (Å²) in [5, 5.41) is 3.37. The smallest absolute Gasteiger partial charge is 0.307 e. The highest BCUT2D eigenvalue weighted by Crippen LogP contribution is 2.29. The van der Waals surface area contributed by atoms with Crippen molar-refractivity contribution in [2.45, 2.75) is 32.2 Å². The van der Waals surface area contributed by atoms with Gasteiger partial charge in [0.25, 0.3) is 0 Å². The summed E-state index contributed by atoms with van der Waals surface area (Å²) < 4.78 is 15.3. The van der Waals surface area contributed by atoms with Crippen LogP contribution < -0.4 is 14.8 Å². The van der Waals surface area contributed by atoms with Crippen molar-refractivity contribution in [1.29, 1.82) is 0 Å². The largest absolute Gasteiger partial charge is 0.493 e. The van der Waals surface area contributed by atoms with Gasteiger partial charge < -0.3 is 19.5 Å². The standard InChI is InChI=1S/C16H25NO4/c1-6-17-16(2,11-15(18)21-5)10-12-7-8-13(19-3)14(9-12)20-4/h7-9,17H,6,10-11H2,1-5H3. The van der Waals surface area contributed by atoms with Crippen molar-refractivity contribution in [3.8, 4) is 11.5 Å². The van der Waals surface area contributed by atoms with Gasteiger partial charge in [-0.05, 0) is 37.6 Å². The average molecular weight is 295 g/mol. The van der Waals surface area contributed by atoms with E-state index < -0.39 is 0 Å². The fourth-order valence-electron chi connectivity index (χ4n) is 2.45. The van der Waals surface area contributed by atoms with Gasteiger partial charge in [-0.15, -0.1) is 0 Å². The number of hydrogen-bond acceptors (Lipinski definition) is 5. The van der Waals surface area contributed by atoms with Crippen LogP contribution in [0.25, 0.3) is 0 Å². The molecule has 5 nitrogen and oxygen atoms in total. The van der Waals surface area contributed by atoms with Crippen molar-refractivity contribution in [2.24, 2.45) is 0 Å². The van der Waals surface area contributed by atoms with Crippen LogP contribution in [0, 0.1) is 0 Å². The lowest BCUT2D eigenvalue weighted by molar-refractivity contribution is -0.142. The van der Waals surface area contributed by atoms with Crippen molar-refractivity contribution in [3.05, 3.63) is 23.8 Å². The number of benzene rings is 1. The number of nitrogens with one attached hydrogen (secondary N) is 1. The average Bonchev–Trinajstić information content (AvgIpc) is 2.46. The zero-order valence-corrected chi connectivity index (χ0v) is 13.5. The number of ether oxygens (including phenoxy) is 3. The fourth-order valence-corrected chi connectivity index (χ4v) is 2.45. The molecule has 1 N–H and O–H groups in total. The number of rotatable bonds is 8. The summed E-state index contributed by atoms with van der Waals surface area (Å²) in [7, 11) is 4.63. The number of carbonyl (C=O) groups excluding carboxylic acids is 1. The summed E-state index contributed by atoms with van der Waals surface area (Å²) in [6.45, 7) is 4.81. The van der Waals surface area contributed by atoms with Crippen molar-refractivity contribution in [2.75, 3.05) is 27.9 Å². The van der Waals surface area contributed by atoms with Gasteiger partial charge in [-0.25, -0.2) is 0 Å². The number of carbonyl (C=O) groups is 1. The van der Waals surface area contributed by atoms with Gasteiger partial charge in [-0.3, -0.25) is 4.79 Å². The quantitative estimate of drug-likeness (QED) is 0.745. The van der Waals surface area contributed by atoms with E-state index in [4.69, 9.17) is 14.2 Å². The SMILES string of the molecule is CCNC(C)(CC(=O)OC)Cc1ccc(OC)c(OC)c1. The van der Waals surface area contributed by atoms with Crippen LogP contribution in [0.3, 0.4) is 0 Å². The van der Waals surface area contributed by atoms with E-state index in [1.807, 2.05) is 32.0 Å². The van der Waals surface area contributed by atoms with E-state index in [2.05, 4.69) is 5.32 Å². The molecular formula is C16H25NO4. The molecule has 0 fully saturated rings. The first kappa shape index (κ1) is 17.3. The van der Waals surface area contributed by atoms with E-state index in [9.17, 15) is 4.79 Å². The molecule has 0 aliphatic rings. The third-order valence-corrected chi connectivity index (χ3v) is 3.41. The third-order valence-electron chi connectivity index (χ3n) is 3.41. The van der Waals surface area contributed by atoms with E-state index in [1.54, 1.807) is 14.2 Å². The molecule has 1 atom stereocenters. The van der Waals surface area contributed by atoms with Crippen molar-refractivity contribution >= 4 is 5.97 Å². The van der Waals surface area contributed by atoms with Crippen LogP contribution in [0.4, 0.5) is 0 Å². The van der Waals surface area contributed by atoms with Crippen LogP contribution >= 0.6 is 0 Å². The van der Waals surface area contributed by atoms with Crippen molar-refractivity contribution in [1.82, 2.24) is 5.32 Å². The van der Waals surface area contributed by atoms with Crippen molar-refractivity contribution < 1.29 is 19.0 Å². The molecule has 0 spiro atoms. The van der Waals surface area contributed by atoms with Gasteiger partial charge in [0.15, 0.2) is 11.5 Å². The molecule has 0 aliphatic heterocycles. The molecule has 1 rings (SSSR count). The van der Waals surface area contributed by atoms with Crippen LogP contribution in [0.5, 0.6) is 11.5 Å². The monoisotopic (exact) mass is 295 g/mol. The summed E-state index contributed by atoms with van der Waals surface area (Å²) in [4.78, 5) is 11.6. The minimum atomic E-state index is -0.360. The van der Waals surface area contributed by atoms with Crippen LogP contribution in [-0.4, -0.2) is 39.4 Å². The van der Waals surface area contributed by atoms with Crippen LogP contribution in [0.1, 0.15) is 25.8 Å². The van der Waals surface area contributed by atoms with Gasteiger partial charge in [0.1, 0.15) is 0 Å². The molecule has 0 saturated heterocycles. The van der Waals surface area contributed by atoms with Gasteiger partial charge >= 0.3 is 5.97 Å². The zero-order chi connectivity index (χ0) is 15.9. The second kappa shape index (κ2) is 7.88. The lowest BCUT2D eigenvalue weighted by Crippen LogP contribution is -2.46. The van der Waals surface area contributed by atoms with E-state index >= 15 is 0 Å². The first-order valence-corrected chi connectivity index (χ1v) is 7.00. The van der Waals surface area contributed by atoms with Gasteiger partial charge in [-0.1, -0.05) is 13.0 Å². The molecule has 0 heterocycles. The second-order valence-electron chi connectivity index (χ2n) is 5.21. The first-order valence-electron chi connectivity index (χ1n) is 7.00. The molecule has 0 saturated carbocycles. The Morgan fingerprint density at radius 2 is 1.86 bits per heavy atom. The highest BCUT2D eigenvalue weighted by atomic mass is 16.5. The van der Waals surface area contributed by atoms with E-state index in [0.29, 0.717) is 24.3 Å². The fraction of sp³-hybridized carbons (Fsp3) is 0.562. The van der Waals surface area contributed by atoms with Gasteiger partial charge in [0.2, 0.25) is 0 Å². The summed E-state index contributed by atoms with van der Waals surface area (Å²) in [5.41, 5.74) is 0.710. The molecular weight excluding hydrogens is 270 g/mol. The van der Waals surface area contributed by atoms with Gasteiger partial charge in [-0.2, -0.15) is 0 Å². The van der Waals surface area contributed by atoms with E-state index in [-0.39, 0.29) is 11.5 Å².